The Morgan fingerprint density at radius 2 is 1.89 bits per heavy atom. The zero-order valence-corrected chi connectivity index (χ0v) is 17.0. The van der Waals surface area contributed by atoms with Crippen LogP contribution < -0.4 is 14.5 Å². The summed E-state index contributed by atoms with van der Waals surface area (Å²) in [6.07, 6.45) is 1.06. The fraction of sp³-hybridized carbons (Fsp3) is 0.316. The molecule has 0 atom stereocenters. The van der Waals surface area contributed by atoms with E-state index in [0.29, 0.717) is 29.6 Å². The SMILES string of the molecule is CS(=O)(=O)N(CC(=O)Nc1ccccc1N1CCOCC1)c1cccc(Cl)c1. The second-order valence-corrected chi connectivity index (χ2v) is 8.76. The molecule has 150 valence electrons. The summed E-state index contributed by atoms with van der Waals surface area (Å²) in [5, 5.41) is 3.23. The average Bonchev–Trinajstić information content (AvgIpc) is 2.66. The molecule has 9 heteroatoms. The van der Waals surface area contributed by atoms with Gasteiger partial charge in [-0.1, -0.05) is 29.8 Å². The second-order valence-electron chi connectivity index (χ2n) is 6.41. The molecule has 1 saturated heterocycles. The van der Waals surface area contributed by atoms with E-state index in [1.165, 1.54) is 6.07 Å². The van der Waals surface area contributed by atoms with Crippen LogP contribution in [0.1, 0.15) is 0 Å². The van der Waals surface area contributed by atoms with E-state index in [-0.39, 0.29) is 6.54 Å². The Morgan fingerprint density at radius 3 is 2.57 bits per heavy atom. The molecule has 1 heterocycles. The fourth-order valence-electron chi connectivity index (χ4n) is 3.01. The van der Waals surface area contributed by atoms with E-state index in [9.17, 15) is 13.2 Å². The number of sulfonamides is 1. The molecule has 1 N–H and O–H groups in total. The standard InChI is InChI=1S/C19H22ClN3O4S/c1-28(25,26)23(16-6-4-5-15(20)13-16)14-19(24)21-17-7-2-3-8-18(17)22-9-11-27-12-10-22/h2-8,13H,9-12,14H2,1H3,(H,21,24). The van der Waals surface area contributed by atoms with Gasteiger partial charge in [-0.3, -0.25) is 9.10 Å². The molecule has 0 saturated carbocycles. The molecule has 28 heavy (non-hydrogen) atoms. The molecule has 0 spiro atoms. The summed E-state index contributed by atoms with van der Waals surface area (Å²) in [5.74, 6) is -0.439. The number of nitrogens with zero attached hydrogens (tertiary/aromatic N) is 2. The number of morpholine rings is 1. The Balaban J connectivity index is 1.79. The van der Waals surface area contributed by atoms with E-state index in [1.54, 1.807) is 24.3 Å². The molecule has 3 rings (SSSR count). The van der Waals surface area contributed by atoms with Gasteiger partial charge in [-0.15, -0.1) is 0 Å². The Kier molecular flexibility index (Phi) is 6.43. The van der Waals surface area contributed by atoms with Gasteiger partial charge in [0.2, 0.25) is 15.9 Å². The van der Waals surface area contributed by atoms with Crippen LogP contribution in [0.5, 0.6) is 0 Å². The van der Waals surface area contributed by atoms with Crippen molar-refractivity contribution in [1.82, 2.24) is 0 Å². The number of carbonyl (C=O) groups is 1. The van der Waals surface area contributed by atoms with Gasteiger partial charge in [-0.25, -0.2) is 8.42 Å². The number of rotatable bonds is 6. The molecule has 0 aromatic heterocycles. The molecule has 2 aromatic carbocycles. The number of amides is 1. The molecular weight excluding hydrogens is 402 g/mol. The van der Waals surface area contributed by atoms with Crippen LogP contribution >= 0.6 is 11.6 Å². The predicted molar refractivity (Wildman–Crippen MR) is 112 cm³/mol. The highest BCUT2D eigenvalue weighted by molar-refractivity contribution is 7.92. The molecular formula is C19H22ClN3O4S. The van der Waals surface area contributed by atoms with Crippen molar-refractivity contribution in [3.8, 4) is 0 Å². The molecule has 0 bridgehead atoms. The van der Waals surface area contributed by atoms with E-state index in [1.807, 2.05) is 18.2 Å². The lowest BCUT2D eigenvalue weighted by Crippen LogP contribution is -2.39. The van der Waals surface area contributed by atoms with Crippen LogP contribution in [-0.2, 0) is 19.6 Å². The first kappa shape index (κ1) is 20.4. The van der Waals surface area contributed by atoms with Crippen LogP contribution in [0, 0.1) is 0 Å². The van der Waals surface area contributed by atoms with Crippen molar-refractivity contribution < 1.29 is 17.9 Å². The molecule has 1 amide bonds. The minimum atomic E-state index is -3.67. The third kappa shape index (κ3) is 5.15. The van der Waals surface area contributed by atoms with Crippen molar-refractivity contribution in [2.45, 2.75) is 0 Å². The molecule has 0 radical (unpaired) electrons. The maximum atomic E-state index is 12.7. The minimum absolute atomic E-state index is 0.339. The smallest absolute Gasteiger partial charge is 0.245 e. The largest absolute Gasteiger partial charge is 0.378 e. The molecule has 1 aliphatic rings. The predicted octanol–water partition coefficient (Wildman–Crippen LogP) is 2.58. The van der Waals surface area contributed by atoms with E-state index >= 15 is 0 Å². The molecule has 0 unspecified atom stereocenters. The van der Waals surface area contributed by atoms with Crippen molar-refractivity contribution in [1.29, 1.82) is 0 Å². The lowest BCUT2D eigenvalue weighted by atomic mass is 10.2. The van der Waals surface area contributed by atoms with Crippen LogP contribution in [0.15, 0.2) is 48.5 Å². The first-order chi connectivity index (χ1) is 13.3. The van der Waals surface area contributed by atoms with Gasteiger partial charge in [-0.05, 0) is 30.3 Å². The third-order valence-corrected chi connectivity index (χ3v) is 5.69. The number of carbonyl (C=O) groups excluding carboxylic acids is 1. The van der Waals surface area contributed by atoms with Crippen LogP contribution in [0.3, 0.4) is 0 Å². The van der Waals surface area contributed by atoms with Crippen molar-refractivity contribution in [2.24, 2.45) is 0 Å². The quantitative estimate of drug-likeness (QED) is 0.772. The van der Waals surface area contributed by atoms with E-state index < -0.39 is 15.9 Å². The zero-order valence-electron chi connectivity index (χ0n) is 15.5. The number of hydrogen-bond acceptors (Lipinski definition) is 5. The molecule has 7 nitrogen and oxygen atoms in total. The number of nitrogens with one attached hydrogen (secondary N) is 1. The fourth-order valence-corrected chi connectivity index (χ4v) is 4.04. The minimum Gasteiger partial charge on any atom is -0.378 e. The molecule has 1 aliphatic heterocycles. The van der Waals surface area contributed by atoms with Gasteiger partial charge in [0.25, 0.3) is 0 Å². The third-order valence-electron chi connectivity index (χ3n) is 4.31. The van der Waals surface area contributed by atoms with E-state index in [4.69, 9.17) is 16.3 Å². The Hall–Kier alpha value is -2.29. The van der Waals surface area contributed by atoms with Crippen LogP contribution in [-0.4, -0.2) is 53.4 Å². The highest BCUT2D eigenvalue weighted by Crippen LogP contribution is 2.27. The summed E-state index contributed by atoms with van der Waals surface area (Å²) in [6, 6.07) is 13.8. The van der Waals surface area contributed by atoms with Gasteiger partial charge >= 0.3 is 0 Å². The normalized spacial score (nSPS) is 14.6. The number of halogens is 1. The summed E-state index contributed by atoms with van der Waals surface area (Å²) in [7, 11) is -3.67. The van der Waals surface area contributed by atoms with Gasteiger partial charge in [-0.2, -0.15) is 0 Å². The zero-order chi connectivity index (χ0) is 20.1. The summed E-state index contributed by atoms with van der Waals surface area (Å²) in [4.78, 5) is 14.8. The maximum absolute atomic E-state index is 12.7. The van der Waals surface area contributed by atoms with Crippen molar-refractivity contribution >= 4 is 44.6 Å². The maximum Gasteiger partial charge on any atom is 0.245 e. The highest BCUT2D eigenvalue weighted by atomic mass is 35.5. The number of ether oxygens (including phenoxy) is 1. The van der Waals surface area contributed by atoms with Crippen LogP contribution in [0.2, 0.25) is 5.02 Å². The first-order valence-corrected chi connectivity index (χ1v) is 11.0. The topological polar surface area (TPSA) is 79.0 Å². The van der Waals surface area contributed by atoms with Gasteiger partial charge in [0, 0.05) is 18.1 Å². The summed E-state index contributed by atoms with van der Waals surface area (Å²) in [6.45, 7) is 2.35. The Morgan fingerprint density at radius 1 is 1.18 bits per heavy atom. The highest BCUT2D eigenvalue weighted by Gasteiger charge is 2.22. The first-order valence-electron chi connectivity index (χ1n) is 8.79. The lowest BCUT2D eigenvalue weighted by molar-refractivity contribution is -0.114. The summed E-state index contributed by atoms with van der Waals surface area (Å²) >= 11 is 5.97. The van der Waals surface area contributed by atoms with Gasteiger partial charge in [0.05, 0.1) is 36.5 Å². The van der Waals surface area contributed by atoms with Gasteiger partial charge in [0.1, 0.15) is 6.54 Å². The molecule has 1 fully saturated rings. The number of anilines is 3. The monoisotopic (exact) mass is 423 g/mol. The van der Waals surface area contributed by atoms with Gasteiger partial charge in [0.15, 0.2) is 0 Å². The van der Waals surface area contributed by atoms with Crippen molar-refractivity contribution in [3.63, 3.8) is 0 Å². The Bertz CT molecular complexity index is 946. The van der Waals surface area contributed by atoms with Gasteiger partial charge < -0.3 is 15.0 Å². The van der Waals surface area contributed by atoms with Crippen LogP contribution in [0.4, 0.5) is 17.1 Å². The second kappa shape index (κ2) is 8.81. The molecule has 2 aromatic rings. The summed E-state index contributed by atoms with van der Waals surface area (Å²) < 4.78 is 30.9. The summed E-state index contributed by atoms with van der Waals surface area (Å²) in [5.41, 5.74) is 1.85. The Labute approximate surface area is 169 Å². The molecule has 0 aliphatic carbocycles. The van der Waals surface area contributed by atoms with Crippen molar-refractivity contribution in [3.05, 3.63) is 53.6 Å². The van der Waals surface area contributed by atoms with E-state index in [0.717, 1.165) is 29.3 Å². The average molecular weight is 424 g/mol. The lowest BCUT2D eigenvalue weighted by Gasteiger charge is -2.30. The number of benzene rings is 2. The van der Waals surface area contributed by atoms with E-state index in [2.05, 4.69) is 10.2 Å². The number of para-hydroxylation sites is 2. The number of hydrogen-bond donors (Lipinski definition) is 1. The van der Waals surface area contributed by atoms with Crippen molar-refractivity contribution in [2.75, 3.05) is 53.6 Å². The van der Waals surface area contributed by atoms with Crippen LogP contribution in [0.25, 0.3) is 0 Å².